The van der Waals surface area contributed by atoms with Crippen molar-refractivity contribution in [2.24, 2.45) is 10.9 Å². The summed E-state index contributed by atoms with van der Waals surface area (Å²) in [6, 6.07) is -0.630. The van der Waals surface area contributed by atoms with Crippen LogP contribution >= 0.6 is 21.6 Å². The Balaban J connectivity index is 1.23. The number of likely N-dealkylation sites (tertiary alicyclic amines) is 1. The largest absolute Gasteiger partial charge is 0.350 e. The number of aliphatic imine (C=N–C) groups is 1. The lowest BCUT2D eigenvalue weighted by atomic mass is 9.93. The maximum atomic E-state index is 12.8. The van der Waals surface area contributed by atoms with E-state index in [0.29, 0.717) is 38.1 Å². The van der Waals surface area contributed by atoms with Gasteiger partial charge >= 0.3 is 6.03 Å². The smallest absolute Gasteiger partial charge is 0.343 e. The predicted molar refractivity (Wildman–Crippen MR) is 118 cm³/mol. The Hall–Kier alpha value is -1.54. The molecule has 4 amide bonds. The molecule has 2 fully saturated rings. The van der Waals surface area contributed by atoms with Gasteiger partial charge in [-0.25, -0.2) is 4.79 Å². The van der Waals surface area contributed by atoms with Crippen LogP contribution in [0.1, 0.15) is 44.9 Å². The summed E-state index contributed by atoms with van der Waals surface area (Å²) in [5, 5.41) is 0.767. The van der Waals surface area contributed by atoms with Crippen LogP contribution in [-0.4, -0.2) is 63.5 Å². The molecule has 0 radical (unpaired) electrons. The Labute approximate surface area is 179 Å². The first-order valence-electron chi connectivity index (χ1n) is 10.5. The summed E-state index contributed by atoms with van der Waals surface area (Å²) in [6.45, 7) is 1.21. The Kier molecular flexibility index (Phi) is 6.80. The van der Waals surface area contributed by atoms with E-state index in [1.54, 1.807) is 18.2 Å². The lowest BCUT2D eigenvalue weighted by Crippen LogP contribution is -2.54. The van der Waals surface area contributed by atoms with Gasteiger partial charge in [-0.1, -0.05) is 46.2 Å². The topological polar surface area (TPSA) is 70.1 Å². The first-order valence-corrected chi connectivity index (χ1v) is 12.9. The van der Waals surface area contributed by atoms with Gasteiger partial charge in [0.15, 0.2) is 0 Å². The van der Waals surface area contributed by atoms with Crippen LogP contribution in [0.5, 0.6) is 0 Å². The molecule has 2 saturated heterocycles. The fourth-order valence-corrected chi connectivity index (χ4v) is 7.36. The van der Waals surface area contributed by atoms with Crippen molar-refractivity contribution in [3.05, 3.63) is 24.3 Å². The van der Waals surface area contributed by atoms with Crippen LogP contribution in [0, 0.1) is 5.92 Å². The van der Waals surface area contributed by atoms with Gasteiger partial charge in [-0.3, -0.25) is 14.5 Å². The molecule has 3 heterocycles. The quantitative estimate of drug-likeness (QED) is 0.470. The normalized spacial score (nSPS) is 27.4. The highest BCUT2D eigenvalue weighted by Gasteiger charge is 2.40. The summed E-state index contributed by atoms with van der Waals surface area (Å²) in [5.41, 5.74) is 0.529. The van der Waals surface area contributed by atoms with Crippen molar-refractivity contribution < 1.29 is 14.4 Å². The minimum atomic E-state index is -0.464. The van der Waals surface area contributed by atoms with E-state index in [2.05, 4.69) is 4.99 Å². The molecular formula is C21H27N3O3S2. The van der Waals surface area contributed by atoms with Crippen molar-refractivity contribution >= 4 is 45.1 Å². The first-order chi connectivity index (χ1) is 14.1. The van der Waals surface area contributed by atoms with E-state index in [1.807, 2.05) is 32.6 Å². The van der Waals surface area contributed by atoms with E-state index >= 15 is 0 Å². The SMILES string of the molecule is O=C(CCCCC1CCSS1)N1CCC(N2C(=O)N=C3C=CC=CC3C2=O)CC1. The number of carbonyl (C=O) groups is 3. The lowest BCUT2D eigenvalue weighted by molar-refractivity contribution is -0.134. The van der Waals surface area contributed by atoms with Gasteiger partial charge < -0.3 is 4.90 Å². The third-order valence-electron chi connectivity index (χ3n) is 6.01. The Morgan fingerprint density at radius 2 is 1.97 bits per heavy atom. The van der Waals surface area contributed by atoms with Crippen LogP contribution < -0.4 is 0 Å². The molecule has 4 aliphatic rings. The van der Waals surface area contributed by atoms with E-state index in [9.17, 15) is 14.4 Å². The van der Waals surface area contributed by atoms with E-state index < -0.39 is 11.9 Å². The summed E-state index contributed by atoms with van der Waals surface area (Å²) >= 11 is 0. The maximum absolute atomic E-state index is 12.8. The number of carbonyl (C=O) groups excluding carboxylic acids is 3. The van der Waals surface area contributed by atoms with Gasteiger partial charge in [0.25, 0.3) is 0 Å². The number of imide groups is 1. The van der Waals surface area contributed by atoms with Crippen LogP contribution in [0.3, 0.4) is 0 Å². The number of unbranched alkanes of at least 4 members (excludes halogenated alkanes) is 1. The maximum Gasteiger partial charge on any atom is 0.350 e. The number of rotatable bonds is 6. The minimum absolute atomic E-state index is 0.166. The molecule has 0 aromatic carbocycles. The van der Waals surface area contributed by atoms with E-state index in [0.717, 1.165) is 18.1 Å². The highest BCUT2D eigenvalue weighted by Crippen LogP contribution is 2.40. The number of piperidine rings is 1. The second-order valence-corrected chi connectivity index (χ2v) is 10.7. The summed E-state index contributed by atoms with van der Waals surface area (Å²) < 4.78 is 0. The zero-order chi connectivity index (χ0) is 20.2. The molecule has 6 nitrogen and oxygen atoms in total. The molecule has 4 rings (SSSR count). The molecule has 0 aromatic rings. The molecule has 29 heavy (non-hydrogen) atoms. The van der Waals surface area contributed by atoms with Gasteiger partial charge in [0, 0.05) is 36.6 Å². The molecule has 0 N–H and O–H groups in total. The number of hydrogen-bond donors (Lipinski definition) is 0. The van der Waals surface area contributed by atoms with Crippen LogP contribution in [-0.2, 0) is 9.59 Å². The molecule has 0 spiro atoms. The average molecular weight is 434 g/mol. The van der Waals surface area contributed by atoms with E-state index in [-0.39, 0.29) is 17.9 Å². The first kappa shape index (κ1) is 20.7. The minimum Gasteiger partial charge on any atom is -0.343 e. The molecule has 0 saturated carbocycles. The third-order valence-corrected chi connectivity index (χ3v) is 9.02. The Bertz CT molecular complexity index is 750. The van der Waals surface area contributed by atoms with Crippen molar-refractivity contribution in [1.82, 2.24) is 9.80 Å². The molecule has 2 atom stereocenters. The fourth-order valence-electron chi connectivity index (χ4n) is 4.34. The third kappa shape index (κ3) is 4.79. The Morgan fingerprint density at radius 1 is 1.14 bits per heavy atom. The van der Waals surface area contributed by atoms with Gasteiger partial charge in [0.1, 0.15) is 0 Å². The molecule has 0 aromatic heterocycles. The molecular weight excluding hydrogens is 406 g/mol. The monoisotopic (exact) mass is 433 g/mol. The van der Waals surface area contributed by atoms with Crippen LogP contribution in [0.2, 0.25) is 0 Å². The number of allylic oxidation sites excluding steroid dienone is 3. The number of urea groups is 1. The van der Waals surface area contributed by atoms with Crippen molar-refractivity contribution in [3.63, 3.8) is 0 Å². The van der Waals surface area contributed by atoms with Crippen LogP contribution in [0.4, 0.5) is 4.79 Å². The second kappa shape index (κ2) is 9.51. The summed E-state index contributed by atoms with van der Waals surface area (Å²) in [6.07, 6.45) is 13.6. The highest BCUT2D eigenvalue weighted by molar-refractivity contribution is 8.77. The highest BCUT2D eigenvalue weighted by atomic mass is 33.1. The lowest BCUT2D eigenvalue weighted by Gasteiger charge is -2.39. The molecule has 1 aliphatic carbocycles. The molecule has 2 unspecified atom stereocenters. The summed E-state index contributed by atoms with van der Waals surface area (Å²) in [7, 11) is 3.96. The Morgan fingerprint density at radius 3 is 2.72 bits per heavy atom. The van der Waals surface area contributed by atoms with E-state index in [4.69, 9.17) is 0 Å². The number of nitrogens with zero attached hydrogens (tertiary/aromatic N) is 3. The summed E-state index contributed by atoms with van der Waals surface area (Å²) in [4.78, 5) is 45.1. The van der Waals surface area contributed by atoms with Gasteiger partial charge in [-0.15, -0.1) is 0 Å². The van der Waals surface area contributed by atoms with Gasteiger partial charge in [0.2, 0.25) is 11.8 Å². The van der Waals surface area contributed by atoms with Gasteiger partial charge in [-0.05, 0) is 38.2 Å². The zero-order valence-corrected chi connectivity index (χ0v) is 18.1. The van der Waals surface area contributed by atoms with Crippen LogP contribution in [0.25, 0.3) is 0 Å². The van der Waals surface area contributed by atoms with Crippen molar-refractivity contribution in [2.45, 2.75) is 56.2 Å². The molecule has 8 heteroatoms. The fraction of sp³-hybridized carbons (Fsp3) is 0.619. The van der Waals surface area contributed by atoms with E-state index in [1.165, 1.54) is 23.5 Å². The molecule has 3 aliphatic heterocycles. The van der Waals surface area contributed by atoms with Gasteiger partial charge in [-0.2, -0.15) is 4.99 Å². The number of fused-ring (bicyclic) bond motifs is 1. The number of hydrogen-bond acceptors (Lipinski definition) is 5. The molecule has 156 valence electrons. The standard InChI is InChI=1S/C21H27N3O3S2/c25-19(8-4-1-5-16-11-14-28-29-16)23-12-9-15(10-13-23)24-20(26)17-6-2-3-7-18(17)22-21(24)27/h2-3,6-7,15-17H,1,4-5,8-14H2. The predicted octanol–water partition coefficient (Wildman–Crippen LogP) is 3.84. The van der Waals surface area contributed by atoms with Crippen molar-refractivity contribution in [2.75, 3.05) is 18.8 Å². The zero-order valence-electron chi connectivity index (χ0n) is 16.5. The van der Waals surface area contributed by atoms with Crippen LogP contribution in [0.15, 0.2) is 29.3 Å². The van der Waals surface area contributed by atoms with Crippen molar-refractivity contribution in [1.29, 1.82) is 0 Å². The molecule has 0 bridgehead atoms. The van der Waals surface area contributed by atoms with Crippen molar-refractivity contribution in [3.8, 4) is 0 Å². The average Bonchev–Trinajstić information content (AvgIpc) is 3.25. The number of amides is 4. The summed E-state index contributed by atoms with van der Waals surface area (Å²) in [5.74, 6) is 0.821. The second-order valence-electron chi connectivity index (χ2n) is 7.94. The van der Waals surface area contributed by atoms with Gasteiger partial charge in [0.05, 0.1) is 11.6 Å².